The minimum atomic E-state index is 0.908. The Morgan fingerprint density at radius 3 is 2.75 bits per heavy atom. The molecule has 3 heteroatoms. The van der Waals surface area contributed by atoms with Crippen LogP contribution in [-0.4, -0.2) is 4.98 Å². The smallest absolute Gasteiger partial charge is 0.0305 e. The van der Waals surface area contributed by atoms with Gasteiger partial charge < -0.3 is 5.32 Å². The lowest BCUT2D eigenvalue weighted by Gasteiger charge is -2.06. The monoisotopic (exact) mass is 232 g/mol. The van der Waals surface area contributed by atoms with Crippen LogP contribution in [0.25, 0.3) is 0 Å². The molecule has 0 aliphatic heterocycles. The summed E-state index contributed by atoms with van der Waals surface area (Å²) in [5.74, 6) is 0. The molecule has 0 saturated carbocycles. The first-order chi connectivity index (χ1) is 7.77. The predicted octanol–water partition coefficient (Wildman–Crippen LogP) is 3.05. The van der Waals surface area contributed by atoms with Crippen LogP contribution < -0.4 is 5.32 Å². The molecule has 0 aliphatic rings. The van der Waals surface area contributed by atoms with Crippen molar-refractivity contribution >= 4 is 11.3 Å². The fraction of sp³-hybridized carbons (Fsp3) is 0.308. The molecule has 0 spiro atoms. The Balaban J connectivity index is 1.89. The summed E-state index contributed by atoms with van der Waals surface area (Å²) in [7, 11) is 0. The quantitative estimate of drug-likeness (QED) is 0.876. The van der Waals surface area contributed by atoms with Gasteiger partial charge in [0, 0.05) is 30.4 Å². The molecular formula is C13H16N2S. The molecule has 2 rings (SSSR count). The van der Waals surface area contributed by atoms with Crippen LogP contribution in [0.1, 0.15) is 21.6 Å². The van der Waals surface area contributed by atoms with Crippen molar-refractivity contribution in [1.29, 1.82) is 0 Å². The highest BCUT2D eigenvalue weighted by molar-refractivity contribution is 7.10. The number of aryl methyl sites for hydroxylation is 2. The van der Waals surface area contributed by atoms with Gasteiger partial charge in [-0.25, -0.2) is 0 Å². The number of hydrogen-bond donors (Lipinski definition) is 1. The number of pyridine rings is 1. The normalized spacial score (nSPS) is 10.6. The van der Waals surface area contributed by atoms with E-state index < -0.39 is 0 Å². The highest BCUT2D eigenvalue weighted by Crippen LogP contribution is 2.15. The Labute approximate surface area is 100 Å². The molecule has 0 aliphatic carbocycles. The highest BCUT2D eigenvalue weighted by atomic mass is 32.1. The summed E-state index contributed by atoms with van der Waals surface area (Å²) in [5, 5.41) is 5.61. The third-order valence-electron chi connectivity index (χ3n) is 2.71. The lowest BCUT2D eigenvalue weighted by Crippen LogP contribution is -2.13. The average molecular weight is 232 g/mol. The van der Waals surface area contributed by atoms with Gasteiger partial charge in [0.1, 0.15) is 0 Å². The molecule has 1 N–H and O–H groups in total. The summed E-state index contributed by atoms with van der Waals surface area (Å²) >= 11 is 1.81. The molecule has 84 valence electrons. The number of nitrogens with one attached hydrogen (secondary N) is 1. The van der Waals surface area contributed by atoms with Crippen LogP contribution in [0.4, 0.5) is 0 Å². The molecule has 2 aromatic rings. The fourth-order valence-electron chi connectivity index (χ4n) is 1.60. The second-order valence-electron chi connectivity index (χ2n) is 3.93. The Hall–Kier alpha value is -1.19. The summed E-state index contributed by atoms with van der Waals surface area (Å²) in [4.78, 5) is 5.51. The standard InChI is InChI=1S/C13H16N2S/c1-10-4-6-16-13(10)9-15-8-12-3-5-14-7-11(12)2/h3-7,15H,8-9H2,1-2H3. The summed E-state index contributed by atoms with van der Waals surface area (Å²) in [5.41, 5.74) is 3.95. The molecule has 0 saturated heterocycles. The van der Waals surface area contributed by atoms with E-state index in [0.717, 1.165) is 13.1 Å². The summed E-state index contributed by atoms with van der Waals surface area (Å²) in [6, 6.07) is 4.24. The maximum atomic E-state index is 4.09. The van der Waals surface area contributed by atoms with Gasteiger partial charge in [0.2, 0.25) is 0 Å². The maximum Gasteiger partial charge on any atom is 0.0305 e. The highest BCUT2D eigenvalue weighted by Gasteiger charge is 2.00. The molecule has 16 heavy (non-hydrogen) atoms. The van der Waals surface area contributed by atoms with E-state index in [1.807, 2.05) is 23.7 Å². The molecule has 0 aromatic carbocycles. The first-order valence-corrected chi connectivity index (χ1v) is 6.28. The second-order valence-corrected chi connectivity index (χ2v) is 4.93. The first-order valence-electron chi connectivity index (χ1n) is 5.40. The van der Waals surface area contributed by atoms with Gasteiger partial charge in [-0.1, -0.05) is 0 Å². The summed E-state index contributed by atoms with van der Waals surface area (Å²) in [6.45, 7) is 6.11. The van der Waals surface area contributed by atoms with Crippen LogP contribution in [0, 0.1) is 13.8 Å². The van der Waals surface area contributed by atoms with Gasteiger partial charge in [-0.3, -0.25) is 4.98 Å². The molecule has 0 amide bonds. The van der Waals surface area contributed by atoms with Crippen molar-refractivity contribution in [3.05, 3.63) is 51.5 Å². The molecular weight excluding hydrogens is 216 g/mol. The number of aromatic nitrogens is 1. The van der Waals surface area contributed by atoms with E-state index in [2.05, 4.69) is 41.7 Å². The van der Waals surface area contributed by atoms with Crippen molar-refractivity contribution in [3.8, 4) is 0 Å². The van der Waals surface area contributed by atoms with E-state index in [1.54, 1.807) is 0 Å². The van der Waals surface area contributed by atoms with Crippen LogP contribution in [-0.2, 0) is 13.1 Å². The Kier molecular flexibility index (Phi) is 3.70. The van der Waals surface area contributed by atoms with E-state index in [4.69, 9.17) is 0 Å². The van der Waals surface area contributed by atoms with Crippen molar-refractivity contribution in [2.45, 2.75) is 26.9 Å². The minimum Gasteiger partial charge on any atom is -0.308 e. The van der Waals surface area contributed by atoms with Gasteiger partial charge in [0.05, 0.1) is 0 Å². The van der Waals surface area contributed by atoms with E-state index >= 15 is 0 Å². The third kappa shape index (κ3) is 2.68. The lowest BCUT2D eigenvalue weighted by molar-refractivity contribution is 0.695. The number of nitrogens with zero attached hydrogens (tertiary/aromatic N) is 1. The topological polar surface area (TPSA) is 24.9 Å². The summed E-state index contributed by atoms with van der Waals surface area (Å²) in [6.07, 6.45) is 3.76. The fourth-order valence-corrected chi connectivity index (χ4v) is 2.47. The lowest BCUT2D eigenvalue weighted by atomic mass is 10.1. The van der Waals surface area contributed by atoms with E-state index in [9.17, 15) is 0 Å². The van der Waals surface area contributed by atoms with Gasteiger partial charge in [-0.05, 0) is 48.1 Å². The Morgan fingerprint density at radius 1 is 1.19 bits per heavy atom. The van der Waals surface area contributed by atoms with Crippen LogP contribution >= 0.6 is 11.3 Å². The van der Waals surface area contributed by atoms with Crippen molar-refractivity contribution in [2.75, 3.05) is 0 Å². The first kappa shape index (κ1) is 11.3. The minimum absolute atomic E-state index is 0.908. The molecule has 0 bridgehead atoms. The maximum absolute atomic E-state index is 4.09. The Morgan fingerprint density at radius 2 is 2.06 bits per heavy atom. The summed E-state index contributed by atoms with van der Waals surface area (Å²) < 4.78 is 0. The Bertz CT molecular complexity index is 462. The van der Waals surface area contributed by atoms with Crippen LogP contribution in [0.5, 0.6) is 0 Å². The van der Waals surface area contributed by atoms with E-state index in [1.165, 1.54) is 21.6 Å². The molecule has 2 nitrogen and oxygen atoms in total. The van der Waals surface area contributed by atoms with Crippen molar-refractivity contribution in [3.63, 3.8) is 0 Å². The molecule has 0 fully saturated rings. The number of hydrogen-bond acceptors (Lipinski definition) is 3. The molecule has 0 radical (unpaired) electrons. The largest absolute Gasteiger partial charge is 0.308 e. The van der Waals surface area contributed by atoms with E-state index in [0.29, 0.717) is 0 Å². The number of rotatable bonds is 4. The van der Waals surface area contributed by atoms with Crippen molar-refractivity contribution in [1.82, 2.24) is 10.3 Å². The number of thiophene rings is 1. The predicted molar refractivity (Wildman–Crippen MR) is 68.6 cm³/mol. The van der Waals surface area contributed by atoms with Crippen LogP contribution in [0.15, 0.2) is 29.9 Å². The van der Waals surface area contributed by atoms with Crippen LogP contribution in [0.3, 0.4) is 0 Å². The second kappa shape index (κ2) is 5.23. The van der Waals surface area contributed by atoms with Gasteiger partial charge in [0.15, 0.2) is 0 Å². The molecule has 0 unspecified atom stereocenters. The SMILES string of the molecule is Cc1cnccc1CNCc1sccc1C. The molecule has 2 aromatic heterocycles. The van der Waals surface area contributed by atoms with Crippen molar-refractivity contribution < 1.29 is 0 Å². The third-order valence-corrected chi connectivity index (χ3v) is 3.73. The van der Waals surface area contributed by atoms with Gasteiger partial charge >= 0.3 is 0 Å². The van der Waals surface area contributed by atoms with E-state index in [-0.39, 0.29) is 0 Å². The molecule has 2 heterocycles. The van der Waals surface area contributed by atoms with Crippen molar-refractivity contribution in [2.24, 2.45) is 0 Å². The zero-order valence-electron chi connectivity index (χ0n) is 9.66. The zero-order valence-corrected chi connectivity index (χ0v) is 10.5. The zero-order chi connectivity index (χ0) is 11.4. The average Bonchev–Trinajstić information content (AvgIpc) is 2.67. The van der Waals surface area contributed by atoms with Crippen LogP contribution in [0.2, 0.25) is 0 Å². The van der Waals surface area contributed by atoms with Gasteiger partial charge in [-0.2, -0.15) is 0 Å². The van der Waals surface area contributed by atoms with Gasteiger partial charge in [-0.15, -0.1) is 11.3 Å². The van der Waals surface area contributed by atoms with Gasteiger partial charge in [0.25, 0.3) is 0 Å². The molecule has 0 atom stereocenters.